The molecule has 2 amide bonds. The molecule has 3 heterocycles. The molecule has 1 aliphatic rings. The lowest BCUT2D eigenvalue weighted by atomic mass is 10.1. The van der Waals surface area contributed by atoms with Crippen LogP contribution >= 0.6 is 11.6 Å². The van der Waals surface area contributed by atoms with Gasteiger partial charge < -0.3 is 20.1 Å². The van der Waals surface area contributed by atoms with Crippen LogP contribution in [-0.4, -0.2) is 45.6 Å². The van der Waals surface area contributed by atoms with Gasteiger partial charge in [0.1, 0.15) is 24.0 Å². The van der Waals surface area contributed by atoms with Crippen molar-refractivity contribution >= 4 is 23.6 Å². The molecule has 1 aliphatic heterocycles. The quantitative estimate of drug-likeness (QED) is 0.727. The minimum Gasteiger partial charge on any atom is -0.530 e. The lowest BCUT2D eigenvalue weighted by molar-refractivity contribution is -0.266. The van der Waals surface area contributed by atoms with E-state index in [2.05, 4.69) is 15.3 Å². The minimum atomic E-state index is -4.58. The number of carboxylic acid groups (broad SMARTS) is 1. The van der Waals surface area contributed by atoms with Crippen LogP contribution < -0.4 is 10.4 Å². The fourth-order valence-corrected chi connectivity index (χ4v) is 3.26. The van der Waals surface area contributed by atoms with Crippen LogP contribution in [-0.2, 0) is 17.5 Å². The second kappa shape index (κ2) is 8.42. The normalized spacial score (nSPS) is 19.0. The molecule has 0 saturated carbocycles. The Hall–Kier alpha value is -2.95. The summed E-state index contributed by atoms with van der Waals surface area (Å²) in [6.07, 6.45) is -5.69. The monoisotopic (exact) mass is 445 g/mol. The molecule has 160 valence electrons. The third-order valence-electron chi connectivity index (χ3n) is 4.51. The largest absolute Gasteiger partial charge is 0.530 e. The van der Waals surface area contributed by atoms with Gasteiger partial charge in [0.15, 0.2) is 0 Å². The van der Waals surface area contributed by atoms with Gasteiger partial charge in [-0.15, -0.1) is 0 Å². The van der Waals surface area contributed by atoms with E-state index in [1.54, 1.807) is 0 Å². The van der Waals surface area contributed by atoms with Gasteiger partial charge >= 0.3 is 6.18 Å². The van der Waals surface area contributed by atoms with E-state index >= 15 is 0 Å². The van der Waals surface area contributed by atoms with E-state index in [0.717, 1.165) is 12.3 Å². The van der Waals surface area contributed by atoms with Gasteiger partial charge in [-0.25, -0.2) is 4.39 Å². The Bertz CT molecular complexity index is 955. The molecular weight excluding hydrogens is 432 g/mol. The molecule has 7 nitrogen and oxygen atoms in total. The van der Waals surface area contributed by atoms with Gasteiger partial charge in [0.05, 0.1) is 23.8 Å². The highest BCUT2D eigenvalue weighted by Gasteiger charge is 2.37. The summed E-state index contributed by atoms with van der Waals surface area (Å²) in [6.45, 7) is -0.573. The second-order valence-electron chi connectivity index (χ2n) is 6.57. The van der Waals surface area contributed by atoms with Gasteiger partial charge in [-0.3, -0.25) is 14.8 Å². The molecule has 2 aromatic rings. The number of halogens is 5. The first-order valence-corrected chi connectivity index (χ1v) is 9.01. The van der Waals surface area contributed by atoms with Gasteiger partial charge in [0, 0.05) is 29.9 Å². The van der Waals surface area contributed by atoms with Crippen LogP contribution in [0.1, 0.15) is 17.8 Å². The van der Waals surface area contributed by atoms with Crippen LogP contribution in [0.2, 0.25) is 5.02 Å². The van der Waals surface area contributed by atoms with E-state index in [0.29, 0.717) is 21.7 Å². The zero-order valence-corrected chi connectivity index (χ0v) is 15.9. The lowest BCUT2D eigenvalue weighted by Gasteiger charge is -2.25. The first-order chi connectivity index (χ1) is 14.1. The van der Waals surface area contributed by atoms with Crippen LogP contribution in [0.4, 0.5) is 22.4 Å². The molecule has 0 unspecified atom stereocenters. The summed E-state index contributed by atoms with van der Waals surface area (Å²) in [7, 11) is 0. The fraction of sp³-hybridized carbons (Fsp3) is 0.333. The predicted molar refractivity (Wildman–Crippen MR) is 94.7 cm³/mol. The SMILES string of the molecule is O=C(NCc1cc(-c2ccc(C(F)(F)F)nc2)c(Cl)cn1)[C@@H]1C[C@@H](F)CN1C(=O)[O-]. The second-order valence-corrected chi connectivity index (χ2v) is 6.98. The van der Waals surface area contributed by atoms with Crippen molar-refractivity contribution in [3.63, 3.8) is 0 Å². The molecular formula is C18H14ClF4N4O3-. The molecule has 0 aliphatic carbocycles. The Balaban J connectivity index is 1.73. The maximum absolute atomic E-state index is 13.5. The Kier molecular flexibility index (Phi) is 6.11. The molecule has 30 heavy (non-hydrogen) atoms. The van der Waals surface area contributed by atoms with Crippen LogP contribution in [0.25, 0.3) is 11.1 Å². The van der Waals surface area contributed by atoms with Crippen molar-refractivity contribution in [1.82, 2.24) is 20.2 Å². The highest BCUT2D eigenvalue weighted by molar-refractivity contribution is 6.33. The Morgan fingerprint density at radius 2 is 2.00 bits per heavy atom. The number of nitrogens with one attached hydrogen (secondary N) is 1. The van der Waals surface area contributed by atoms with E-state index in [-0.39, 0.29) is 18.0 Å². The average molecular weight is 446 g/mol. The van der Waals surface area contributed by atoms with Crippen molar-refractivity contribution in [2.24, 2.45) is 0 Å². The topological polar surface area (TPSA) is 98.2 Å². The molecule has 0 radical (unpaired) electrons. The van der Waals surface area contributed by atoms with Crippen molar-refractivity contribution < 1.29 is 32.3 Å². The number of amides is 2. The number of aromatic nitrogens is 2. The summed E-state index contributed by atoms with van der Waals surface area (Å²) in [4.78, 5) is 31.3. The maximum atomic E-state index is 13.5. The number of hydrogen-bond acceptors (Lipinski definition) is 5. The minimum absolute atomic E-state index is 0.134. The number of carbonyl (C=O) groups excluding carboxylic acids is 2. The molecule has 0 spiro atoms. The summed E-state index contributed by atoms with van der Waals surface area (Å²) in [5, 5.41) is 13.6. The van der Waals surface area contributed by atoms with Crippen LogP contribution in [0.15, 0.2) is 30.6 Å². The molecule has 0 bridgehead atoms. The summed E-state index contributed by atoms with van der Waals surface area (Å²) in [5.41, 5.74) is -0.0954. The smallest absolute Gasteiger partial charge is 0.433 e. The number of alkyl halides is 4. The van der Waals surface area contributed by atoms with Crippen LogP contribution in [0.3, 0.4) is 0 Å². The molecule has 1 N–H and O–H groups in total. The fourth-order valence-electron chi connectivity index (χ4n) is 3.05. The zero-order valence-electron chi connectivity index (χ0n) is 15.1. The summed E-state index contributed by atoms with van der Waals surface area (Å²) in [5.74, 6) is -0.714. The van der Waals surface area contributed by atoms with Gasteiger partial charge in [-0.2, -0.15) is 13.2 Å². The van der Waals surface area contributed by atoms with Gasteiger partial charge in [0.25, 0.3) is 0 Å². The number of nitrogens with zero attached hydrogens (tertiary/aromatic N) is 3. The van der Waals surface area contributed by atoms with E-state index in [9.17, 15) is 32.3 Å². The highest BCUT2D eigenvalue weighted by atomic mass is 35.5. The van der Waals surface area contributed by atoms with E-state index < -0.39 is 42.6 Å². The summed E-state index contributed by atoms with van der Waals surface area (Å²) in [6, 6.07) is 2.26. The number of rotatable bonds is 4. The highest BCUT2D eigenvalue weighted by Crippen LogP contribution is 2.31. The van der Waals surface area contributed by atoms with E-state index in [1.807, 2.05) is 0 Å². The van der Waals surface area contributed by atoms with E-state index in [1.165, 1.54) is 18.3 Å². The average Bonchev–Trinajstić information content (AvgIpc) is 3.09. The molecule has 2 atom stereocenters. The summed E-state index contributed by atoms with van der Waals surface area (Å²) >= 11 is 6.08. The zero-order chi connectivity index (χ0) is 22.1. The van der Waals surface area contributed by atoms with Gasteiger partial charge in [-0.05, 0) is 12.1 Å². The number of pyridine rings is 2. The van der Waals surface area contributed by atoms with Gasteiger partial charge in [-0.1, -0.05) is 17.7 Å². The molecule has 1 fully saturated rings. The Labute approximate surface area is 172 Å². The third kappa shape index (κ3) is 4.78. The molecule has 0 aromatic carbocycles. The lowest BCUT2D eigenvalue weighted by Crippen LogP contribution is -2.50. The van der Waals surface area contributed by atoms with Crippen molar-refractivity contribution in [3.8, 4) is 11.1 Å². The van der Waals surface area contributed by atoms with Crippen molar-refractivity contribution in [2.75, 3.05) is 6.54 Å². The standard InChI is InChI=1S/C18H15ClF4N4O3/c19-13-7-24-11(4-12(13)9-1-2-15(25-5-9)18(21,22)23)6-26-16(28)14-3-10(20)8-27(14)17(29)30/h1-2,4-5,7,10,14H,3,6,8H2,(H,26,28)(H,29,30)/p-1/t10-,14+/m1/s1. The van der Waals surface area contributed by atoms with Crippen molar-refractivity contribution in [1.29, 1.82) is 0 Å². The molecule has 12 heteroatoms. The third-order valence-corrected chi connectivity index (χ3v) is 4.81. The Morgan fingerprint density at radius 1 is 1.27 bits per heavy atom. The first kappa shape index (κ1) is 21.8. The number of hydrogen-bond donors (Lipinski definition) is 1. The van der Waals surface area contributed by atoms with Crippen molar-refractivity contribution in [2.45, 2.75) is 31.4 Å². The first-order valence-electron chi connectivity index (χ1n) is 8.63. The molecule has 3 rings (SSSR count). The molecule has 2 aromatic heterocycles. The number of likely N-dealkylation sites (tertiary alicyclic amines) is 1. The predicted octanol–water partition coefficient (Wildman–Crippen LogP) is 2.19. The summed E-state index contributed by atoms with van der Waals surface area (Å²) < 4.78 is 51.5. The Morgan fingerprint density at radius 3 is 2.60 bits per heavy atom. The van der Waals surface area contributed by atoms with Crippen LogP contribution in [0, 0.1) is 0 Å². The number of carbonyl (C=O) groups is 2. The maximum Gasteiger partial charge on any atom is 0.433 e. The van der Waals surface area contributed by atoms with E-state index in [4.69, 9.17) is 11.6 Å². The van der Waals surface area contributed by atoms with Crippen LogP contribution in [0.5, 0.6) is 0 Å². The van der Waals surface area contributed by atoms with Gasteiger partial charge in [0.2, 0.25) is 5.91 Å². The molecule has 1 saturated heterocycles. The van der Waals surface area contributed by atoms with Crippen molar-refractivity contribution in [3.05, 3.63) is 47.0 Å².